The minimum absolute atomic E-state index is 0.141. The molecule has 0 unspecified atom stereocenters. The van der Waals surface area contributed by atoms with Crippen molar-refractivity contribution in [2.24, 2.45) is 0 Å². The van der Waals surface area contributed by atoms with Crippen LogP contribution in [-0.4, -0.2) is 29.7 Å². The monoisotopic (exact) mass is 450 g/mol. The van der Waals surface area contributed by atoms with Crippen molar-refractivity contribution in [2.45, 2.75) is 25.3 Å². The van der Waals surface area contributed by atoms with E-state index >= 15 is 0 Å². The first-order chi connectivity index (χ1) is 14.8. The number of benzene rings is 2. The maximum atomic E-state index is 13.2. The third kappa shape index (κ3) is 4.52. The first-order valence-corrected chi connectivity index (χ1v) is 12.4. The van der Waals surface area contributed by atoms with Gasteiger partial charge in [-0.1, -0.05) is 36.4 Å². The standard InChI is InChI=1S/C24H22N2O3S2/c1-17-7-6-8-18(2)21(17)14-26-23(13-22(25-26)19-11-12-30-15-19)24(27)16-31(28,29)20-9-4-3-5-10-20/h3-13,15H,14,16H2,1-2H3. The van der Waals surface area contributed by atoms with Crippen LogP contribution < -0.4 is 0 Å². The summed E-state index contributed by atoms with van der Waals surface area (Å²) < 4.78 is 27.2. The summed E-state index contributed by atoms with van der Waals surface area (Å²) in [4.78, 5) is 13.3. The first-order valence-electron chi connectivity index (χ1n) is 9.81. The van der Waals surface area contributed by atoms with Crippen LogP contribution in [0.3, 0.4) is 0 Å². The van der Waals surface area contributed by atoms with Gasteiger partial charge in [0, 0.05) is 10.9 Å². The Morgan fingerprint density at radius 3 is 2.35 bits per heavy atom. The summed E-state index contributed by atoms with van der Waals surface area (Å²) in [5, 5.41) is 8.57. The Morgan fingerprint density at radius 1 is 1.00 bits per heavy atom. The smallest absolute Gasteiger partial charge is 0.196 e. The summed E-state index contributed by atoms with van der Waals surface area (Å²) in [7, 11) is -3.75. The third-order valence-corrected chi connectivity index (χ3v) is 7.57. The van der Waals surface area contributed by atoms with Crippen LogP contribution in [0.4, 0.5) is 0 Å². The molecule has 0 bridgehead atoms. The van der Waals surface area contributed by atoms with Gasteiger partial charge in [-0.05, 0) is 60.2 Å². The first kappa shape index (κ1) is 21.2. The van der Waals surface area contributed by atoms with E-state index in [2.05, 4.69) is 5.10 Å². The quantitative estimate of drug-likeness (QED) is 0.374. The number of ketones is 1. The number of sulfone groups is 1. The maximum Gasteiger partial charge on any atom is 0.196 e. The number of nitrogens with zero attached hydrogens (tertiary/aromatic N) is 2. The molecule has 0 saturated heterocycles. The Morgan fingerprint density at radius 2 is 1.71 bits per heavy atom. The molecule has 0 atom stereocenters. The van der Waals surface area contributed by atoms with Gasteiger partial charge in [0.15, 0.2) is 15.6 Å². The highest BCUT2D eigenvalue weighted by atomic mass is 32.2. The minimum atomic E-state index is -3.75. The van der Waals surface area contributed by atoms with E-state index in [0.29, 0.717) is 17.9 Å². The zero-order valence-electron chi connectivity index (χ0n) is 17.3. The normalized spacial score (nSPS) is 11.5. The molecule has 2 aromatic heterocycles. The van der Waals surface area contributed by atoms with E-state index in [0.717, 1.165) is 22.3 Å². The van der Waals surface area contributed by atoms with Crippen LogP contribution in [0.5, 0.6) is 0 Å². The molecule has 4 rings (SSSR count). The van der Waals surface area contributed by atoms with Crippen LogP contribution in [0.25, 0.3) is 11.3 Å². The molecule has 2 aromatic carbocycles. The third-order valence-electron chi connectivity index (χ3n) is 5.26. The molecule has 0 N–H and O–H groups in total. The summed E-state index contributed by atoms with van der Waals surface area (Å²) in [6.45, 7) is 4.44. The van der Waals surface area contributed by atoms with Gasteiger partial charge in [0.25, 0.3) is 0 Å². The molecule has 7 heteroatoms. The van der Waals surface area contributed by atoms with Crippen molar-refractivity contribution in [3.63, 3.8) is 0 Å². The lowest BCUT2D eigenvalue weighted by atomic mass is 10.0. The minimum Gasteiger partial charge on any atom is -0.291 e. The number of rotatable bonds is 7. The van der Waals surface area contributed by atoms with Crippen LogP contribution in [0.2, 0.25) is 0 Å². The fraction of sp³-hybridized carbons (Fsp3) is 0.167. The summed E-state index contributed by atoms with van der Waals surface area (Å²) in [6.07, 6.45) is 0. The Kier molecular flexibility index (Phi) is 5.89. The Balaban J connectivity index is 1.73. The summed E-state index contributed by atoms with van der Waals surface area (Å²) in [5.41, 5.74) is 5.13. The SMILES string of the molecule is Cc1cccc(C)c1Cn1nc(-c2ccsc2)cc1C(=O)CS(=O)(=O)c1ccccc1. The number of hydrogen-bond donors (Lipinski definition) is 0. The van der Waals surface area contributed by atoms with Crippen LogP contribution in [0, 0.1) is 13.8 Å². The molecule has 0 aliphatic rings. The number of hydrogen-bond acceptors (Lipinski definition) is 5. The van der Waals surface area contributed by atoms with Gasteiger partial charge in [-0.3, -0.25) is 9.48 Å². The van der Waals surface area contributed by atoms with Gasteiger partial charge in [0.2, 0.25) is 0 Å². The zero-order valence-corrected chi connectivity index (χ0v) is 18.9. The number of aromatic nitrogens is 2. The number of thiophene rings is 1. The highest BCUT2D eigenvalue weighted by Crippen LogP contribution is 2.24. The Labute approximate surface area is 185 Å². The lowest BCUT2D eigenvalue weighted by Crippen LogP contribution is -2.20. The van der Waals surface area contributed by atoms with Gasteiger partial charge >= 0.3 is 0 Å². The second-order valence-corrected chi connectivity index (χ2v) is 10.2. The van der Waals surface area contributed by atoms with Crippen LogP contribution >= 0.6 is 11.3 Å². The molecular weight excluding hydrogens is 428 g/mol. The van der Waals surface area contributed by atoms with E-state index in [-0.39, 0.29) is 4.90 Å². The highest BCUT2D eigenvalue weighted by Gasteiger charge is 2.24. The topological polar surface area (TPSA) is 69.0 Å². The highest BCUT2D eigenvalue weighted by molar-refractivity contribution is 7.92. The second-order valence-electron chi connectivity index (χ2n) is 7.45. The number of aryl methyl sites for hydroxylation is 2. The molecule has 0 amide bonds. The van der Waals surface area contributed by atoms with Gasteiger partial charge in [-0.25, -0.2) is 8.42 Å². The molecule has 0 aliphatic heterocycles. The van der Waals surface area contributed by atoms with Gasteiger partial charge in [0.05, 0.1) is 17.1 Å². The van der Waals surface area contributed by atoms with Crippen molar-refractivity contribution >= 4 is 27.0 Å². The fourth-order valence-corrected chi connectivity index (χ4v) is 5.40. The summed E-state index contributed by atoms with van der Waals surface area (Å²) >= 11 is 1.54. The molecular formula is C24H22N2O3S2. The second kappa shape index (κ2) is 8.61. The molecule has 0 saturated carbocycles. The Hall–Kier alpha value is -3.03. The lowest BCUT2D eigenvalue weighted by molar-refractivity contribution is 0.101. The predicted octanol–water partition coefficient (Wildman–Crippen LogP) is 4.93. The summed E-state index contributed by atoms with van der Waals surface area (Å²) in [6, 6.07) is 17.7. The van der Waals surface area contributed by atoms with E-state index in [1.54, 1.807) is 40.3 Å². The number of carbonyl (C=O) groups is 1. The average Bonchev–Trinajstić information content (AvgIpc) is 3.41. The molecule has 4 aromatic rings. The van der Waals surface area contributed by atoms with Gasteiger partial charge < -0.3 is 0 Å². The molecule has 0 fully saturated rings. The van der Waals surface area contributed by atoms with Crippen molar-refractivity contribution < 1.29 is 13.2 Å². The number of Topliss-reactive ketones (excluding diaryl/α,β-unsaturated/α-hetero) is 1. The maximum absolute atomic E-state index is 13.2. The van der Waals surface area contributed by atoms with E-state index in [1.807, 2.05) is 48.9 Å². The molecule has 158 valence electrons. The van der Waals surface area contributed by atoms with Gasteiger partial charge in [0.1, 0.15) is 11.4 Å². The van der Waals surface area contributed by atoms with Crippen LogP contribution in [0.1, 0.15) is 27.2 Å². The van der Waals surface area contributed by atoms with Crippen LogP contribution in [0.15, 0.2) is 76.3 Å². The van der Waals surface area contributed by atoms with Crippen molar-refractivity contribution in [3.05, 3.63) is 93.8 Å². The fourth-order valence-electron chi connectivity index (χ4n) is 3.52. The van der Waals surface area contributed by atoms with E-state index in [1.165, 1.54) is 12.1 Å². The summed E-state index contributed by atoms with van der Waals surface area (Å²) in [5.74, 6) is -1.07. The Bertz CT molecular complexity index is 1300. The van der Waals surface area contributed by atoms with Crippen molar-refractivity contribution in [2.75, 3.05) is 5.75 Å². The molecule has 31 heavy (non-hydrogen) atoms. The van der Waals surface area contributed by atoms with Crippen molar-refractivity contribution in [1.82, 2.24) is 9.78 Å². The van der Waals surface area contributed by atoms with E-state index in [9.17, 15) is 13.2 Å². The van der Waals surface area contributed by atoms with Crippen molar-refractivity contribution in [3.8, 4) is 11.3 Å². The zero-order chi connectivity index (χ0) is 22.0. The largest absolute Gasteiger partial charge is 0.291 e. The van der Waals surface area contributed by atoms with Gasteiger partial charge in [-0.15, -0.1) is 0 Å². The predicted molar refractivity (Wildman–Crippen MR) is 123 cm³/mol. The molecule has 0 radical (unpaired) electrons. The van der Waals surface area contributed by atoms with E-state index < -0.39 is 21.4 Å². The molecule has 0 spiro atoms. The molecule has 5 nitrogen and oxygen atoms in total. The average molecular weight is 451 g/mol. The van der Waals surface area contributed by atoms with Gasteiger partial charge in [-0.2, -0.15) is 16.4 Å². The van der Waals surface area contributed by atoms with E-state index in [4.69, 9.17) is 0 Å². The van der Waals surface area contributed by atoms with Crippen LogP contribution in [-0.2, 0) is 16.4 Å². The molecule has 2 heterocycles. The molecule has 0 aliphatic carbocycles. The lowest BCUT2D eigenvalue weighted by Gasteiger charge is -2.12. The number of carbonyl (C=O) groups excluding carboxylic acids is 1. The van der Waals surface area contributed by atoms with Crippen molar-refractivity contribution in [1.29, 1.82) is 0 Å².